The van der Waals surface area contributed by atoms with Crippen molar-refractivity contribution >= 4 is 17.3 Å². The maximum Gasteiger partial charge on any atom is 0.0726 e. The van der Waals surface area contributed by atoms with Crippen LogP contribution >= 0.6 is 11.6 Å². The van der Waals surface area contributed by atoms with Gasteiger partial charge in [0.2, 0.25) is 0 Å². The van der Waals surface area contributed by atoms with Crippen LogP contribution < -0.4 is 5.73 Å². The van der Waals surface area contributed by atoms with E-state index in [2.05, 4.69) is 10.2 Å². The lowest BCUT2D eigenvalue weighted by atomic mass is 10.1. The zero-order valence-corrected chi connectivity index (χ0v) is 8.78. The van der Waals surface area contributed by atoms with Crippen molar-refractivity contribution in [3.63, 3.8) is 0 Å². The summed E-state index contributed by atoms with van der Waals surface area (Å²) in [5.41, 5.74) is 8.24. The van der Waals surface area contributed by atoms with Crippen LogP contribution in [-0.4, -0.2) is 10.2 Å². The summed E-state index contributed by atoms with van der Waals surface area (Å²) >= 11 is 5.79. The number of aromatic nitrogens is 2. The van der Waals surface area contributed by atoms with Gasteiger partial charge in [-0.1, -0.05) is 23.7 Å². The van der Waals surface area contributed by atoms with Crippen LogP contribution in [0.25, 0.3) is 0 Å². The number of hydrogen-bond acceptors (Lipinski definition) is 3. The number of nitrogens with two attached hydrogens (primary N) is 1. The second-order valence-corrected chi connectivity index (χ2v) is 3.72. The van der Waals surface area contributed by atoms with E-state index in [1.165, 1.54) is 6.20 Å². The van der Waals surface area contributed by atoms with Gasteiger partial charge in [0.05, 0.1) is 17.6 Å². The zero-order valence-electron chi connectivity index (χ0n) is 8.02. The van der Waals surface area contributed by atoms with E-state index in [0.29, 0.717) is 5.69 Å². The third kappa shape index (κ3) is 2.67. The number of nitrogens with zero attached hydrogens (tertiary/aromatic N) is 2. The number of rotatable bonds is 2. The molecule has 2 rings (SSSR count). The summed E-state index contributed by atoms with van der Waals surface area (Å²) in [7, 11) is 0. The Morgan fingerprint density at radius 2 is 1.93 bits per heavy atom. The van der Waals surface area contributed by atoms with E-state index in [4.69, 9.17) is 17.3 Å². The summed E-state index contributed by atoms with van der Waals surface area (Å²) in [6.45, 7) is 0. The Morgan fingerprint density at radius 1 is 1.20 bits per heavy atom. The van der Waals surface area contributed by atoms with E-state index in [9.17, 15) is 0 Å². The first kappa shape index (κ1) is 9.93. The molecule has 0 aliphatic rings. The predicted molar refractivity (Wildman–Crippen MR) is 60.7 cm³/mol. The molecule has 1 aromatic heterocycles. The molecule has 1 aromatic carbocycles. The van der Waals surface area contributed by atoms with Crippen LogP contribution in [0.15, 0.2) is 36.5 Å². The number of halogens is 1. The highest BCUT2D eigenvalue weighted by atomic mass is 35.5. The van der Waals surface area contributed by atoms with Crippen molar-refractivity contribution in [2.45, 2.75) is 6.42 Å². The molecule has 76 valence electrons. The molecule has 0 fully saturated rings. The molecule has 0 bridgehead atoms. The van der Waals surface area contributed by atoms with Crippen molar-refractivity contribution < 1.29 is 0 Å². The second kappa shape index (κ2) is 4.28. The number of benzene rings is 1. The molecule has 0 unspecified atom stereocenters. The minimum Gasteiger partial charge on any atom is -0.397 e. The van der Waals surface area contributed by atoms with Crippen LogP contribution in [0, 0.1) is 0 Å². The lowest BCUT2D eigenvalue weighted by molar-refractivity contribution is 0.940. The Hall–Kier alpha value is -1.61. The highest BCUT2D eigenvalue weighted by Gasteiger charge is 1.99. The van der Waals surface area contributed by atoms with Crippen molar-refractivity contribution in [2.24, 2.45) is 0 Å². The average molecular weight is 220 g/mol. The van der Waals surface area contributed by atoms with E-state index in [-0.39, 0.29) is 0 Å². The summed E-state index contributed by atoms with van der Waals surface area (Å²) in [5, 5.41) is 8.52. The molecule has 4 heteroatoms. The number of anilines is 1. The predicted octanol–water partition coefficient (Wildman–Crippen LogP) is 2.30. The normalized spacial score (nSPS) is 10.2. The third-order valence-electron chi connectivity index (χ3n) is 2.02. The number of nitrogen functional groups attached to an aromatic ring is 1. The highest BCUT2D eigenvalue weighted by molar-refractivity contribution is 6.30. The Labute approximate surface area is 92.9 Å². The van der Waals surface area contributed by atoms with E-state index in [1.807, 2.05) is 30.3 Å². The van der Waals surface area contributed by atoms with Crippen LogP contribution in [-0.2, 0) is 6.42 Å². The van der Waals surface area contributed by atoms with E-state index >= 15 is 0 Å². The van der Waals surface area contributed by atoms with Gasteiger partial charge in [0.15, 0.2) is 0 Å². The van der Waals surface area contributed by atoms with Crippen molar-refractivity contribution in [3.8, 4) is 0 Å². The Balaban J connectivity index is 2.18. The topological polar surface area (TPSA) is 51.8 Å². The molecule has 0 aliphatic heterocycles. The Bertz CT molecular complexity index is 454. The molecular formula is C11H10ClN3. The summed E-state index contributed by atoms with van der Waals surface area (Å²) in [6.07, 6.45) is 2.25. The first-order chi connectivity index (χ1) is 7.24. The van der Waals surface area contributed by atoms with Crippen LogP contribution in [0.4, 0.5) is 5.69 Å². The highest BCUT2D eigenvalue weighted by Crippen LogP contribution is 2.13. The van der Waals surface area contributed by atoms with Crippen LogP contribution in [0.1, 0.15) is 11.3 Å². The summed E-state index contributed by atoms with van der Waals surface area (Å²) < 4.78 is 0. The molecule has 0 spiro atoms. The first-order valence-corrected chi connectivity index (χ1v) is 4.93. The molecule has 0 aliphatic carbocycles. The Morgan fingerprint density at radius 3 is 2.60 bits per heavy atom. The molecule has 0 radical (unpaired) electrons. The van der Waals surface area contributed by atoms with Crippen molar-refractivity contribution in [1.29, 1.82) is 0 Å². The Kier molecular flexibility index (Phi) is 2.83. The van der Waals surface area contributed by atoms with Gasteiger partial charge in [-0.25, -0.2) is 0 Å². The van der Waals surface area contributed by atoms with Crippen LogP contribution in [0.5, 0.6) is 0 Å². The quantitative estimate of drug-likeness (QED) is 0.843. The molecule has 2 aromatic rings. The zero-order chi connectivity index (χ0) is 10.7. The van der Waals surface area contributed by atoms with E-state index in [1.54, 1.807) is 0 Å². The molecule has 0 saturated heterocycles. The SMILES string of the molecule is Nc1cnnc(Cc2ccc(Cl)cc2)c1. The van der Waals surface area contributed by atoms with Gasteiger partial charge in [0, 0.05) is 11.4 Å². The minimum atomic E-state index is 0.633. The number of hydrogen-bond donors (Lipinski definition) is 1. The van der Waals surface area contributed by atoms with Gasteiger partial charge in [0.1, 0.15) is 0 Å². The van der Waals surface area contributed by atoms with Crippen molar-refractivity contribution in [3.05, 3.63) is 52.8 Å². The van der Waals surface area contributed by atoms with E-state index in [0.717, 1.165) is 22.7 Å². The summed E-state index contributed by atoms with van der Waals surface area (Å²) in [5.74, 6) is 0. The summed E-state index contributed by atoms with van der Waals surface area (Å²) in [4.78, 5) is 0. The molecule has 0 saturated carbocycles. The minimum absolute atomic E-state index is 0.633. The molecule has 3 nitrogen and oxygen atoms in total. The van der Waals surface area contributed by atoms with Crippen LogP contribution in [0.2, 0.25) is 5.02 Å². The lowest BCUT2D eigenvalue weighted by Gasteiger charge is -2.01. The van der Waals surface area contributed by atoms with Gasteiger partial charge in [-0.3, -0.25) is 0 Å². The fraction of sp³-hybridized carbons (Fsp3) is 0.0909. The molecule has 1 heterocycles. The van der Waals surface area contributed by atoms with Crippen LogP contribution in [0.3, 0.4) is 0 Å². The largest absolute Gasteiger partial charge is 0.397 e. The fourth-order valence-electron chi connectivity index (χ4n) is 1.33. The van der Waals surface area contributed by atoms with Gasteiger partial charge >= 0.3 is 0 Å². The van der Waals surface area contributed by atoms with Gasteiger partial charge in [-0.2, -0.15) is 10.2 Å². The molecular weight excluding hydrogens is 210 g/mol. The van der Waals surface area contributed by atoms with Gasteiger partial charge in [-0.15, -0.1) is 0 Å². The molecule has 0 atom stereocenters. The first-order valence-electron chi connectivity index (χ1n) is 4.55. The molecule has 2 N–H and O–H groups in total. The van der Waals surface area contributed by atoms with Gasteiger partial charge in [0.25, 0.3) is 0 Å². The summed E-state index contributed by atoms with van der Waals surface area (Å²) in [6, 6.07) is 9.47. The fourth-order valence-corrected chi connectivity index (χ4v) is 1.45. The van der Waals surface area contributed by atoms with Crippen molar-refractivity contribution in [1.82, 2.24) is 10.2 Å². The second-order valence-electron chi connectivity index (χ2n) is 3.28. The van der Waals surface area contributed by atoms with E-state index < -0.39 is 0 Å². The maximum atomic E-state index is 5.79. The maximum absolute atomic E-state index is 5.79. The monoisotopic (exact) mass is 219 g/mol. The standard InChI is InChI=1S/C11H10ClN3/c12-9-3-1-8(2-4-9)5-11-6-10(13)7-14-15-11/h1-4,6-7H,5H2,(H2,13,15). The smallest absolute Gasteiger partial charge is 0.0726 e. The molecule has 0 amide bonds. The third-order valence-corrected chi connectivity index (χ3v) is 2.28. The average Bonchev–Trinajstić information content (AvgIpc) is 2.22. The van der Waals surface area contributed by atoms with Gasteiger partial charge in [-0.05, 0) is 23.8 Å². The lowest BCUT2D eigenvalue weighted by Crippen LogP contribution is -1.96. The van der Waals surface area contributed by atoms with Gasteiger partial charge < -0.3 is 5.73 Å². The van der Waals surface area contributed by atoms with Crippen molar-refractivity contribution in [2.75, 3.05) is 5.73 Å². The molecule has 15 heavy (non-hydrogen) atoms.